The summed E-state index contributed by atoms with van der Waals surface area (Å²) in [7, 11) is 0. The fraction of sp³-hybridized carbons (Fsp3) is 0.261. The zero-order chi connectivity index (χ0) is 20.0. The smallest absolute Gasteiger partial charge is 0.344 e. The molecule has 6 heteroatoms. The van der Waals surface area contributed by atoms with Crippen molar-refractivity contribution in [2.24, 2.45) is 0 Å². The number of fused-ring (bicyclic) bond motifs is 2. The largest absolute Gasteiger partial charge is 0.422 e. The lowest BCUT2D eigenvalue weighted by Gasteiger charge is -2.17. The van der Waals surface area contributed by atoms with E-state index in [9.17, 15) is 4.79 Å². The first-order chi connectivity index (χ1) is 14.1. The standard InChI is InChI=1S/C23H20N4O2/c1-13-19-11-15-6-3-4-7-16(15)12-20(19)29-23(28)21(13)17-8-5-9-18(10-17)22-26-24-14(2)25-27-22/h5,8-12H,3-4,6-7H2,1-2H3. The van der Waals surface area contributed by atoms with Crippen LogP contribution in [0, 0.1) is 13.8 Å². The fourth-order valence-electron chi connectivity index (χ4n) is 4.12. The number of nitrogens with zero attached hydrogens (tertiary/aromatic N) is 4. The van der Waals surface area contributed by atoms with Gasteiger partial charge < -0.3 is 4.42 Å². The van der Waals surface area contributed by atoms with Gasteiger partial charge in [0, 0.05) is 10.9 Å². The molecule has 0 amide bonds. The van der Waals surface area contributed by atoms with E-state index in [-0.39, 0.29) is 5.63 Å². The van der Waals surface area contributed by atoms with E-state index in [0.29, 0.717) is 22.8 Å². The summed E-state index contributed by atoms with van der Waals surface area (Å²) >= 11 is 0. The number of aryl methyl sites for hydroxylation is 4. The summed E-state index contributed by atoms with van der Waals surface area (Å²) in [4.78, 5) is 12.9. The van der Waals surface area contributed by atoms with Crippen molar-refractivity contribution in [3.63, 3.8) is 0 Å². The van der Waals surface area contributed by atoms with E-state index < -0.39 is 0 Å². The van der Waals surface area contributed by atoms with Gasteiger partial charge in [-0.05, 0) is 80.0 Å². The van der Waals surface area contributed by atoms with Crippen molar-refractivity contribution in [1.82, 2.24) is 20.4 Å². The van der Waals surface area contributed by atoms with Crippen molar-refractivity contribution < 1.29 is 4.42 Å². The molecule has 0 N–H and O–H groups in total. The number of aromatic nitrogens is 4. The highest BCUT2D eigenvalue weighted by atomic mass is 16.4. The number of benzene rings is 2. The van der Waals surface area contributed by atoms with Crippen LogP contribution < -0.4 is 5.63 Å². The minimum Gasteiger partial charge on any atom is -0.422 e. The lowest BCUT2D eigenvalue weighted by atomic mass is 9.89. The van der Waals surface area contributed by atoms with Crippen molar-refractivity contribution in [3.8, 4) is 22.5 Å². The monoisotopic (exact) mass is 384 g/mol. The van der Waals surface area contributed by atoms with E-state index in [1.165, 1.54) is 24.0 Å². The van der Waals surface area contributed by atoms with Crippen LogP contribution in [0.3, 0.4) is 0 Å². The van der Waals surface area contributed by atoms with Crippen molar-refractivity contribution in [1.29, 1.82) is 0 Å². The predicted molar refractivity (Wildman–Crippen MR) is 111 cm³/mol. The molecular formula is C23H20N4O2. The SMILES string of the molecule is Cc1nnc(-c2cccc(-c3c(C)c4cc5c(cc4oc3=O)CCCC5)c2)nn1. The van der Waals surface area contributed by atoms with E-state index in [4.69, 9.17) is 4.42 Å². The van der Waals surface area contributed by atoms with Crippen LogP contribution >= 0.6 is 0 Å². The normalized spacial score (nSPS) is 13.4. The molecule has 0 saturated carbocycles. The molecule has 0 atom stereocenters. The van der Waals surface area contributed by atoms with Gasteiger partial charge in [-0.1, -0.05) is 18.2 Å². The van der Waals surface area contributed by atoms with Gasteiger partial charge in [0.05, 0.1) is 5.56 Å². The Morgan fingerprint density at radius 2 is 1.55 bits per heavy atom. The van der Waals surface area contributed by atoms with Gasteiger partial charge in [-0.3, -0.25) is 0 Å². The first-order valence-corrected chi connectivity index (χ1v) is 9.84. The van der Waals surface area contributed by atoms with E-state index >= 15 is 0 Å². The Morgan fingerprint density at radius 3 is 2.31 bits per heavy atom. The quantitative estimate of drug-likeness (QED) is 0.482. The Morgan fingerprint density at radius 1 is 0.862 bits per heavy atom. The minimum atomic E-state index is -0.330. The van der Waals surface area contributed by atoms with Crippen LogP contribution in [-0.2, 0) is 12.8 Å². The maximum absolute atomic E-state index is 12.9. The molecular weight excluding hydrogens is 364 g/mol. The first kappa shape index (κ1) is 17.7. The molecule has 0 aliphatic heterocycles. The van der Waals surface area contributed by atoms with Crippen LogP contribution in [0.4, 0.5) is 0 Å². The molecule has 6 nitrogen and oxygen atoms in total. The lowest BCUT2D eigenvalue weighted by Crippen LogP contribution is -2.08. The number of hydrogen-bond acceptors (Lipinski definition) is 6. The molecule has 0 bridgehead atoms. The summed E-state index contributed by atoms with van der Waals surface area (Å²) in [5.74, 6) is 0.939. The molecule has 0 saturated heterocycles. The molecule has 144 valence electrons. The van der Waals surface area contributed by atoms with Crippen LogP contribution in [0.5, 0.6) is 0 Å². The van der Waals surface area contributed by atoms with Crippen LogP contribution in [0.2, 0.25) is 0 Å². The van der Waals surface area contributed by atoms with Gasteiger partial charge in [0.15, 0.2) is 5.82 Å². The highest BCUT2D eigenvalue weighted by molar-refractivity contribution is 5.88. The molecule has 2 heterocycles. The van der Waals surface area contributed by atoms with E-state index in [1.807, 2.05) is 31.2 Å². The van der Waals surface area contributed by atoms with E-state index in [2.05, 4.69) is 32.5 Å². The molecule has 1 aliphatic rings. The average Bonchev–Trinajstić information content (AvgIpc) is 2.73. The fourth-order valence-corrected chi connectivity index (χ4v) is 4.12. The molecule has 0 unspecified atom stereocenters. The third-order valence-electron chi connectivity index (χ3n) is 5.62. The second-order valence-electron chi connectivity index (χ2n) is 7.57. The highest BCUT2D eigenvalue weighted by Crippen LogP contribution is 2.32. The summed E-state index contributed by atoms with van der Waals surface area (Å²) in [6.07, 6.45) is 4.54. The topological polar surface area (TPSA) is 81.8 Å². The third kappa shape index (κ3) is 3.10. The summed E-state index contributed by atoms with van der Waals surface area (Å²) in [5, 5.41) is 17.1. The molecule has 0 fully saturated rings. The molecule has 2 aromatic heterocycles. The first-order valence-electron chi connectivity index (χ1n) is 9.84. The highest BCUT2D eigenvalue weighted by Gasteiger charge is 2.18. The Kier molecular flexibility index (Phi) is 4.19. The molecule has 4 aromatic rings. The van der Waals surface area contributed by atoms with E-state index in [1.54, 1.807) is 6.92 Å². The zero-order valence-corrected chi connectivity index (χ0v) is 16.4. The van der Waals surface area contributed by atoms with Gasteiger partial charge in [0.1, 0.15) is 5.58 Å². The van der Waals surface area contributed by atoms with Crippen molar-refractivity contribution in [2.75, 3.05) is 0 Å². The lowest BCUT2D eigenvalue weighted by molar-refractivity contribution is 0.560. The van der Waals surface area contributed by atoms with Crippen LogP contribution in [0.25, 0.3) is 33.5 Å². The Labute approximate surface area is 167 Å². The zero-order valence-electron chi connectivity index (χ0n) is 16.4. The van der Waals surface area contributed by atoms with Gasteiger partial charge >= 0.3 is 5.63 Å². The Balaban J connectivity index is 1.68. The van der Waals surface area contributed by atoms with Crippen molar-refractivity contribution in [2.45, 2.75) is 39.5 Å². The van der Waals surface area contributed by atoms with Gasteiger partial charge in [0.2, 0.25) is 5.82 Å². The minimum absolute atomic E-state index is 0.330. The molecule has 0 radical (unpaired) electrons. The Hall–Kier alpha value is -3.41. The van der Waals surface area contributed by atoms with Crippen LogP contribution in [-0.4, -0.2) is 20.4 Å². The number of rotatable bonds is 2. The molecule has 29 heavy (non-hydrogen) atoms. The van der Waals surface area contributed by atoms with E-state index in [0.717, 1.165) is 34.9 Å². The summed E-state index contributed by atoms with van der Waals surface area (Å²) in [5.41, 5.74) is 6.05. The van der Waals surface area contributed by atoms with Crippen LogP contribution in [0.1, 0.15) is 35.4 Å². The maximum Gasteiger partial charge on any atom is 0.344 e. The maximum atomic E-state index is 12.9. The second-order valence-corrected chi connectivity index (χ2v) is 7.57. The summed E-state index contributed by atoms with van der Waals surface area (Å²) < 4.78 is 5.74. The number of hydrogen-bond donors (Lipinski definition) is 0. The molecule has 0 spiro atoms. The van der Waals surface area contributed by atoms with Crippen molar-refractivity contribution >= 4 is 11.0 Å². The van der Waals surface area contributed by atoms with Gasteiger partial charge in [0.25, 0.3) is 0 Å². The molecule has 5 rings (SSSR count). The predicted octanol–water partition coefficient (Wildman–Crippen LogP) is 4.20. The molecule has 1 aliphatic carbocycles. The van der Waals surface area contributed by atoms with Gasteiger partial charge in [-0.2, -0.15) is 0 Å². The van der Waals surface area contributed by atoms with Crippen molar-refractivity contribution in [3.05, 3.63) is 69.3 Å². The van der Waals surface area contributed by atoms with Gasteiger partial charge in [-0.15, -0.1) is 20.4 Å². The Bertz CT molecular complexity index is 1290. The summed E-state index contributed by atoms with van der Waals surface area (Å²) in [6.45, 7) is 3.73. The van der Waals surface area contributed by atoms with Gasteiger partial charge in [-0.25, -0.2) is 4.79 Å². The second kappa shape index (κ2) is 6.88. The van der Waals surface area contributed by atoms with Crippen LogP contribution in [0.15, 0.2) is 45.6 Å². The average molecular weight is 384 g/mol. The summed E-state index contributed by atoms with van der Waals surface area (Å²) in [6, 6.07) is 11.8. The third-order valence-corrected chi connectivity index (χ3v) is 5.62. The molecule has 2 aromatic carbocycles.